The van der Waals surface area contributed by atoms with Gasteiger partial charge in [0.1, 0.15) is 40.3 Å². The summed E-state index contributed by atoms with van der Waals surface area (Å²) < 4.78 is 23.3. The number of hydrogen-bond acceptors (Lipinski definition) is 7. The first-order valence-corrected chi connectivity index (χ1v) is 12.5. The molecule has 1 aliphatic carbocycles. The summed E-state index contributed by atoms with van der Waals surface area (Å²) in [4.78, 5) is 11.9. The third-order valence-electron chi connectivity index (χ3n) is 7.15. The number of benzene rings is 3. The van der Waals surface area contributed by atoms with Gasteiger partial charge in [-0.1, -0.05) is 18.2 Å². The summed E-state index contributed by atoms with van der Waals surface area (Å²) in [6.45, 7) is 0.404. The van der Waals surface area contributed by atoms with Gasteiger partial charge in [-0.25, -0.2) is 0 Å². The molecule has 0 aromatic heterocycles. The van der Waals surface area contributed by atoms with Crippen molar-refractivity contribution in [2.75, 3.05) is 20.8 Å². The minimum atomic E-state index is -0.157. The van der Waals surface area contributed by atoms with Crippen molar-refractivity contribution in [2.24, 2.45) is 0 Å². The summed E-state index contributed by atoms with van der Waals surface area (Å²) in [5, 5.41) is 20.5. The summed E-state index contributed by atoms with van der Waals surface area (Å²) in [7, 11) is 3.08. The highest BCUT2D eigenvalue weighted by molar-refractivity contribution is 6.02. The Morgan fingerprint density at radius 3 is 2.46 bits per heavy atom. The number of ketones is 1. The number of methoxy groups -OCH3 is 2. The van der Waals surface area contributed by atoms with Gasteiger partial charge in [0.05, 0.1) is 26.4 Å². The van der Waals surface area contributed by atoms with Crippen LogP contribution in [0.1, 0.15) is 28.2 Å². The molecule has 0 saturated carbocycles. The van der Waals surface area contributed by atoms with E-state index in [-0.39, 0.29) is 23.2 Å². The van der Waals surface area contributed by atoms with Gasteiger partial charge in [-0.15, -0.1) is 0 Å². The molecule has 3 aromatic rings. The van der Waals surface area contributed by atoms with Gasteiger partial charge >= 0.3 is 0 Å². The highest BCUT2D eigenvalue weighted by Gasteiger charge is 2.29. The summed E-state index contributed by atoms with van der Waals surface area (Å²) in [6, 6.07) is 16.2. The molecular formula is C32H26O7. The quantitative estimate of drug-likeness (QED) is 0.463. The van der Waals surface area contributed by atoms with Gasteiger partial charge in [-0.05, 0) is 65.6 Å². The predicted molar refractivity (Wildman–Crippen MR) is 145 cm³/mol. The zero-order valence-electron chi connectivity index (χ0n) is 21.4. The fourth-order valence-electron chi connectivity index (χ4n) is 5.15. The first kappa shape index (κ1) is 24.4. The third kappa shape index (κ3) is 4.52. The predicted octanol–water partition coefficient (Wildman–Crippen LogP) is 5.57. The third-order valence-corrected chi connectivity index (χ3v) is 7.15. The van der Waals surface area contributed by atoms with Crippen molar-refractivity contribution in [3.63, 3.8) is 0 Å². The molecule has 0 bridgehead atoms. The average Bonchev–Trinajstić information content (AvgIpc) is 2.95. The number of aromatic hydroxyl groups is 2. The minimum Gasteiger partial charge on any atom is -0.508 e. The maximum absolute atomic E-state index is 11.9. The Morgan fingerprint density at radius 2 is 1.72 bits per heavy atom. The Morgan fingerprint density at radius 1 is 0.897 bits per heavy atom. The number of ether oxygens (including phenoxy) is 4. The van der Waals surface area contributed by atoms with Crippen LogP contribution in [0.4, 0.5) is 0 Å². The number of allylic oxidation sites excluding steroid dienone is 4. The highest BCUT2D eigenvalue weighted by Crippen LogP contribution is 2.45. The first-order valence-electron chi connectivity index (χ1n) is 12.5. The van der Waals surface area contributed by atoms with Crippen molar-refractivity contribution < 1.29 is 34.0 Å². The zero-order valence-corrected chi connectivity index (χ0v) is 21.4. The second-order valence-electron chi connectivity index (χ2n) is 9.53. The molecule has 2 aliphatic heterocycles. The van der Waals surface area contributed by atoms with E-state index < -0.39 is 0 Å². The molecule has 3 aromatic carbocycles. The van der Waals surface area contributed by atoms with E-state index in [1.54, 1.807) is 31.4 Å². The Labute approximate surface area is 225 Å². The van der Waals surface area contributed by atoms with Gasteiger partial charge in [0.2, 0.25) is 0 Å². The van der Waals surface area contributed by atoms with Crippen LogP contribution in [0.5, 0.6) is 28.7 Å². The van der Waals surface area contributed by atoms with E-state index >= 15 is 0 Å². The van der Waals surface area contributed by atoms with E-state index in [0.29, 0.717) is 47.4 Å². The second kappa shape index (κ2) is 9.76. The van der Waals surface area contributed by atoms with E-state index in [2.05, 4.69) is 6.07 Å². The number of phenols is 2. The number of carbonyl (C=O) groups excluding carboxylic acids is 1. The summed E-state index contributed by atoms with van der Waals surface area (Å²) in [5.74, 6) is 3.01. The summed E-state index contributed by atoms with van der Waals surface area (Å²) >= 11 is 0. The number of hydrogen-bond donors (Lipinski definition) is 2. The van der Waals surface area contributed by atoms with Crippen LogP contribution in [0, 0.1) is 0 Å². The molecule has 0 radical (unpaired) electrons. The van der Waals surface area contributed by atoms with Crippen LogP contribution in [0.25, 0.3) is 5.57 Å². The van der Waals surface area contributed by atoms with Gasteiger partial charge in [-0.2, -0.15) is 0 Å². The van der Waals surface area contributed by atoms with Gasteiger partial charge in [0, 0.05) is 35.3 Å². The molecule has 0 unspecified atom stereocenters. The lowest BCUT2D eigenvalue weighted by molar-refractivity contribution is -0.110. The van der Waals surface area contributed by atoms with Crippen LogP contribution in [-0.2, 0) is 16.0 Å². The monoisotopic (exact) mass is 522 g/mol. The molecule has 7 nitrogen and oxygen atoms in total. The SMILES string of the molecule is COC1=CC(=O)C=CC1=C1C=C(c2ccc(O)cc2)c2cc3c(cc2O1)OC[C@@H](c1ccc(OC)cc1O)C3. The van der Waals surface area contributed by atoms with Crippen LogP contribution in [0.3, 0.4) is 0 Å². The standard InChI is InChI=1S/C32H26O7/c1-36-23-8-10-24(28(35)14-23)20-11-19-12-27-26(18-3-5-21(33)6-4-18)15-31(39-32(27)16-29(19)38-17-20)25-9-7-22(34)13-30(25)37-2/h3-10,12-16,20,33,35H,11,17H2,1-2H3/t20-/m0/s1. The molecule has 1 atom stereocenters. The van der Waals surface area contributed by atoms with E-state index in [9.17, 15) is 15.0 Å². The lowest BCUT2D eigenvalue weighted by atomic mass is 9.86. The van der Waals surface area contributed by atoms with Gasteiger partial charge in [0.25, 0.3) is 0 Å². The van der Waals surface area contributed by atoms with E-state index in [1.807, 2.05) is 36.4 Å². The largest absolute Gasteiger partial charge is 0.508 e. The minimum absolute atomic E-state index is 0.0379. The number of fused-ring (bicyclic) bond motifs is 2. The second-order valence-corrected chi connectivity index (χ2v) is 9.53. The molecular weight excluding hydrogens is 496 g/mol. The first-order chi connectivity index (χ1) is 18.9. The Hall–Kier alpha value is -4.91. The maximum atomic E-state index is 11.9. The summed E-state index contributed by atoms with van der Waals surface area (Å²) in [5.41, 5.74) is 5.07. The molecule has 6 rings (SSSR count). The van der Waals surface area contributed by atoms with Crippen LogP contribution < -0.4 is 14.2 Å². The van der Waals surface area contributed by atoms with Crippen molar-refractivity contribution >= 4 is 11.4 Å². The molecule has 0 fully saturated rings. The number of carbonyl (C=O) groups is 1. The van der Waals surface area contributed by atoms with Crippen molar-refractivity contribution in [2.45, 2.75) is 12.3 Å². The van der Waals surface area contributed by atoms with E-state index in [1.165, 1.54) is 19.3 Å². The fourth-order valence-corrected chi connectivity index (χ4v) is 5.15. The molecule has 39 heavy (non-hydrogen) atoms. The Kier molecular flexibility index (Phi) is 6.11. The molecule has 0 saturated heterocycles. The lowest BCUT2D eigenvalue weighted by Crippen LogP contribution is -2.20. The van der Waals surface area contributed by atoms with Crippen molar-refractivity contribution in [3.05, 3.63) is 118 Å². The summed E-state index contributed by atoms with van der Waals surface area (Å²) in [6.07, 6.45) is 7.18. The smallest absolute Gasteiger partial charge is 0.182 e. The highest BCUT2D eigenvalue weighted by atomic mass is 16.5. The van der Waals surface area contributed by atoms with Gasteiger partial charge in [0.15, 0.2) is 5.78 Å². The van der Waals surface area contributed by atoms with Gasteiger partial charge in [-0.3, -0.25) is 4.79 Å². The van der Waals surface area contributed by atoms with Crippen molar-refractivity contribution in [1.82, 2.24) is 0 Å². The molecule has 0 amide bonds. The molecule has 0 spiro atoms. The fraction of sp³-hybridized carbons (Fsp3) is 0.156. The molecule has 2 N–H and O–H groups in total. The van der Waals surface area contributed by atoms with Crippen molar-refractivity contribution in [3.8, 4) is 28.7 Å². The van der Waals surface area contributed by atoms with Gasteiger partial charge < -0.3 is 29.2 Å². The number of rotatable bonds is 4. The Bertz CT molecular complexity index is 1610. The average molecular weight is 523 g/mol. The Balaban J connectivity index is 1.44. The van der Waals surface area contributed by atoms with Crippen molar-refractivity contribution in [1.29, 1.82) is 0 Å². The molecule has 196 valence electrons. The van der Waals surface area contributed by atoms with Crippen LogP contribution in [0.2, 0.25) is 0 Å². The molecule has 3 aliphatic rings. The molecule has 2 heterocycles. The topological polar surface area (TPSA) is 94.5 Å². The van der Waals surface area contributed by atoms with E-state index in [4.69, 9.17) is 18.9 Å². The van der Waals surface area contributed by atoms with Crippen LogP contribution >= 0.6 is 0 Å². The maximum Gasteiger partial charge on any atom is 0.182 e. The number of phenolic OH excluding ortho intramolecular Hbond substituents is 2. The van der Waals surface area contributed by atoms with E-state index in [0.717, 1.165) is 27.8 Å². The normalized spacial score (nSPS) is 19.6. The van der Waals surface area contributed by atoms with Crippen LogP contribution in [-0.4, -0.2) is 36.8 Å². The molecule has 7 heteroatoms. The van der Waals surface area contributed by atoms with Crippen LogP contribution in [0.15, 0.2) is 96.0 Å². The zero-order chi connectivity index (χ0) is 27.1. The lowest BCUT2D eigenvalue weighted by Gasteiger charge is -2.30.